The molecule has 2 nitrogen and oxygen atoms in total. The van der Waals surface area contributed by atoms with Crippen LogP contribution in [-0.2, 0) is 0 Å². The molecule has 0 aromatic carbocycles. The van der Waals surface area contributed by atoms with E-state index < -0.39 is 0 Å². The lowest BCUT2D eigenvalue weighted by Crippen LogP contribution is -2.59. The fourth-order valence-corrected chi connectivity index (χ4v) is 2.49. The second-order valence-corrected chi connectivity index (χ2v) is 4.42. The van der Waals surface area contributed by atoms with Crippen LogP contribution in [0.5, 0.6) is 0 Å². The number of hydrogen-bond donors (Lipinski definition) is 0. The minimum Gasteiger partial charge on any atom is -0.370 e. The largest absolute Gasteiger partial charge is 0.370 e. The van der Waals surface area contributed by atoms with Crippen molar-refractivity contribution in [1.82, 2.24) is 4.98 Å². The van der Waals surface area contributed by atoms with Gasteiger partial charge in [-0.1, -0.05) is 6.42 Å². The number of pyridine rings is 1. The summed E-state index contributed by atoms with van der Waals surface area (Å²) in [5.74, 6) is 0. The molecule has 2 fully saturated rings. The van der Waals surface area contributed by atoms with Gasteiger partial charge in [0.25, 0.3) is 0 Å². The Morgan fingerprint density at radius 1 is 1.15 bits per heavy atom. The predicted octanol–water partition coefficient (Wildman–Crippen LogP) is 2.07. The van der Waals surface area contributed by atoms with Gasteiger partial charge >= 0.3 is 0 Å². The molecule has 0 bridgehead atoms. The number of nitrogens with zero attached hydrogens (tertiary/aromatic N) is 2. The lowest BCUT2D eigenvalue weighted by molar-refractivity contribution is 0.0904. The maximum absolute atomic E-state index is 4.03. The van der Waals surface area contributed by atoms with Crippen LogP contribution in [0.2, 0.25) is 0 Å². The van der Waals surface area contributed by atoms with E-state index in [2.05, 4.69) is 22.0 Å². The van der Waals surface area contributed by atoms with Crippen LogP contribution < -0.4 is 4.90 Å². The lowest BCUT2D eigenvalue weighted by atomic mass is 9.63. The summed E-state index contributed by atoms with van der Waals surface area (Å²) in [4.78, 5) is 6.49. The molecule has 68 valence electrons. The second kappa shape index (κ2) is 2.47. The highest BCUT2D eigenvalue weighted by atomic mass is 15.2. The van der Waals surface area contributed by atoms with Gasteiger partial charge in [-0.25, -0.2) is 0 Å². The monoisotopic (exact) mass is 174 g/mol. The third-order valence-electron chi connectivity index (χ3n) is 3.49. The summed E-state index contributed by atoms with van der Waals surface area (Å²) in [5.41, 5.74) is 2.07. The molecule has 2 heterocycles. The molecule has 0 amide bonds. The van der Waals surface area contributed by atoms with E-state index in [-0.39, 0.29) is 0 Å². The fraction of sp³-hybridized carbons (Fsp3) is 0.545. The van der Waals surface area contributed by atoms with E-state index in [0.717, 1.165) is 5.41 Å². The van der Waals surface area contributed by atoms with Crippen LogP contribution in [0.25, 0.3) is 0 Å². The molecule has 3 rings (SSSR count). The molecular formula is C11H14N2. The van der Waals surface area contributed by atoms with E-state index in [4.69, 9.17) is 0 Å². The maximum atomic E-state index is 4.03. The molecule has 1 aromatic heterocycles. The van der Waals surface area contributed by atoms with Crippen molar-refractivity contribution in [3.8, 4) is 0 Å². The van der Waals surface area contributed by atoms with Gasteiger partial charge < -0.3 is 4.90 Å². The Balaban J connectivity index is 1.71. The van der Waals surface area contributed by atoms with Crippen LogP contribution >= 0.6 is 0 Å². The average molecular weight is 174 g/mol. The Kier molecular flexibility index (Phi) is 1.40. The molecule has 0 radical (unpaired) electrons. The number of rotatable bonds is 1. The van der Waals surface area contributed by atoms with Crippen LogP contribution in [0, 0.1) is 5.41 Å². The van der Waals surface area contributed by atoms with Crippen LogP contribution in [0.1, 0.15) is 19.3 Å². The predicted molar refractivity (Wildman–Crippen MR) is 52.7 cm³/mol. The van der Waals surface area contributed by atoms with Crippen molar-refractivity contribution in [3.05, 3.63) is 24.5 Å². The molecule has 0 N–H and O–H groups in total. The summed E-state index contributed by atoms with van der Waals surface area (Å²) < 4.78 is 0. The zero-order chi connectivity index (χ0) is 8.73. The Bertz CT molecular complexity index is 295. The highest BCUT2D eigenvalue weighted by Crippen LogP contribution is 2.49. The van der Waals surface area contributed by atoms with Crippen LogP contribution in [0.3, 0.4) is 0 Å². The van der Waals surface area contributed by atoms with Gasteiger partial charge in [-0.3, -0.25) is 4.98 Å². The summed E-state index contributed by atoms with van der Waals surface area (Å²) >= 11 is 0. The molecule has 1 aromatic rings. The lowest BCUT2D eigenvalue weighted by Gasteiger charge is -2.57. The van der Waals surface area contributed by atoms with Crippen molar-refractivity contribution in [2.24, 2.45) is 5.41 Å². The van der Waals surface area contributed by atoms with Gasteiger partial charge in [0.15, 0.2) is 0 Å². The van der Waals surface area contributed by atoms with Gasteiger partial charge in [-0.2, -0.15) is 0 Å². The summed E-state index contributed by atoms with van der Waals surface area (Å²) in [6, 6.07) is 4.21. The zero-order valence-electron chi connectivity index (χ0n) is 7.74. The van der Waals surface area contributed by atoms with Gasteiger partial charge in [0.1, 0.15) is 0 Å². The Hall–Kier alpha value is -1.05. The summed E-state index contributed by atoms with van der Waals surface area (Å²) in [6.45, 7) is 2.55. The highest BCUT2D eigenvalue weighted by Gasteiger charge is 2.47. The van der Waals surface area contributed by atoms with Crippen molar-refractivity contribution in [2.75, 3.05) is 18.0 Å². The van der Waals surface area contributed by atoms with Crippen LogP contribution in [0.4, 0.5) is 5.69 Å². The van der Waals surface area contributed by atoms with E-state index in [9.17, 15) is 0 Å². The molecule has 0 unspecified atom stereocenters. The van der Waals surface area contributed by atoms with Crippen LogP contribution in [-0.4, -0.2) is 18.1 Å². The summed E-state index contributed by atoms with van der Waals surface area (Å²) in [5, 5.41) is 0. The topological polar surface area (TPSA) is 16.1 Å². The normalized spacial score (nSPS) is 23.8. The zero-order valence-corrected chi connectivity index (χ0v) is 7.74. The second-order valence-electron chi connectivity index (χ2n) is 4.42. The molecule has 1 aliphatic carbocycles. The first-order chi connectivity index (χ1) is 6.38. The summed E-state index contributed by atoms with van der Waals surface area (Å²) in [6.07, 6.45) is 8.11. The third kappa shape index (κ3) is 1.05. The Labute approximate surface area is 78.6 Å². The quantitative estimate of drug-likeness (QED) is 0.648. The first kappa shape index (κ1) is 7.36. The van der Waals surface area contributed by atoms with Crippen molar-refractivity contribution in [2.45, 2.75) is 19.3 Å². The standard InChI is InChI=1S/C11H14N2/c1-4-11(5-1)8-13(9-11)10-2-6-12-7-3-10/h2-3,6-7H,1,4-5,8-9H2. The molecular weight excluding hydrogens is 160 g/mol. The molecule has 1 saturated carbocycles. The van der Waals surface area contributed by atoms with Gasteiger partial charge in [0.05, 0.1) is 0 Å². The first-order valence-corrected chi connectivity index (χ1v) is 5.03. The SMILES string of the molecule is c1cc(N2CC3(CCC3)C2)ccn1. The molecule has 2 heteroatoms. The van der Waals surface area contributed by atoms with Crippen molar-refractivity contribution < 1.29 is 0 Å². The van der Waals surface area contributed by atoms with Gasteiger partial charge in [0.2, 0.25) is 0 Å². The van der Waals surface area contributed by atoms with Gasteiger partial charge in [-0.15, -0.1) is 0 Å². The number of hydrogen-bond acceptors (Lipinski definition) is 2. The number of aromatic nitrogens is 1. The molecule has 1 aliphatic heterocycles. The molecule has 0 atom stereocenters. The fourth-order valence-electron chi connectivity index (χ4n) is 2.49. The van der Waals surface area contributed by atoms with E-state index in [0.29, 0.717) is 0 Å². The van der Waals surface area contributed by atoms with Crippen LogP contribution in [0.15, 0.2) is 24.5 Å². The molecule has 1 saturated heterocycles. The smallest absolute Gasteiger partial charge is 0.0397 e. The third-order valence-corrected chi connectivity index (χ3v) is 3.49. The first-order valence-electron chi connectivity index (χ1n) is 5.03. The van der Waals surface area contributed by atoms with E-state index in [1.165, 1.54) is 38.0 Å². The van der Waals surface area contributed by atoms with Gasteiger partial charge in [0, 0.05) is 36.6 Å². The van der Waals surface area contributed by atoms with E-state index in [1.54, 1.807) is 0 Å². The molecule has 13 heavy (non-hydrogen) atoms. The molecule has 2 aliphatic rings. The Morgan fingerprint density at radius 2 is 1.85 bits per heavy atom. The minimum absolute atomic E-state index is 0.725. The minimum atomic E-state index is 0.725. The maximum Gasteiger partial charge on any atom is 0.0397 e. The van der Waals surface area contributed by atoms with E-state index in [1.807, 2.05) is 12.4 Å². The number of anilines is 1. The van der Waals surface area contributed by atoms with Gasteiger partial charge in [-0.05, 0) is 25.0 Å². The highest BCUT2D eigenvalue weighted by molar-refractivity contribution is 5.48. The van der Waals surface area contributed by atoms with E-state index >= 15 is 0 Å². The van der Waals surface area contributed by atoms with Crippen molar-refractivity contribution in [3.63, 3.8) is 0 Å². The van der Waals surface area contributed by atoms with Crippen molar-refractivity contribution >= 4 is 5.69 Å². The van der Waals surface area contributed by atoms with Crippen molar-refractivity contribution in [1.29, 1.82) is 0 Å². The summed E-state index contributed by atoms with van der Waals surface area (Å²) in [7, 11) is 0. The average Bonchev–Trinajstić information content (AvgIpc) is 2.01. The molecule has 1 spiro atoms. The Morgan fingerprint density at radius 3 is 2.38 bits per heavy atom.